The van der Waals surface area contributed by atoms with Crippen LogP contribution in [0.1, 0.15) is 17.0 Å². The van der Waals surface area contributed by atoms with E-state index in [9.17, 15) is 9.65 Å². The number of benzene rings is 3. The van der Waals surface area contributed by atoms with E-state index in [-0.39, 0.29) is 17.6 Å². The van der Waals surface area contributed by atoms with Gasteiger partial charge in [-0.1, -0.05) is 42.5 Å². The minimum absolute atomic E-state index is 0.0922. The maximum absolute atomic E-state index is 13.3. The molecule has 2 N–H and O–H groups in total. The van der Waals surface area contributed by atoms with Crippen molar-refractivity contribution in [1.29, 1.82) is 5.26 Å². The topological polar surface area (TPSA) is 59.0 Å². The van der Waals surface area contributed by atoms with Crippen molar-refractivity contribution in [3.63, 3.8) is 0 Å². The summed E-state index contributed by atoms with van der Waals surface area (Å²) in [5, 5.41) is 11.6. The Morgan fingerprint density at radius 1 is 1.00 bits per heavy atom. The average Bonchev–Trinajstić information content (AvgIpc) is 2.61. The highest BCUT2D eigenvalue weighted by molar-refractivity contribution is 5.90. The summed E-state index contributed by atoms with van der Waals surface area (Å²) in [5.41, 5.74) is 7.99. The predicted octanol–water partition coefficient (Wildman–Crippen LogP) is 4.20. The molecule has 0 saturated carbocycles. The van der Waals surface area contributed by atoms with Crippen LogP contribution < -0.4 is 10.5 Å². The van der Waals surface area contributed by atoms with Crippen LogP contribution in [0.15, 0.2) is 72.1 Å². The zero-order chi connectivity index (χ0) is 16.7. The molecular weight excluding hydrogens is 303 g/mol. The van der Waals surface area contributed by atoms with Crippen molar-refractivity contribution in [3.05, 3.63) is 89.1 Å². The van der Waals surface area contributed by atoms with Crippen molar-refractivity contribution < 1.29 is 9.13 Å². The Labute approximate surface area is 138 Å². The fraction of sp³-hybridized carbons (Fsp3) is 0.0500. The third-order valence-electron chi connectivity index (χ3n) is 4.32. The van der Waals surface area contributed by atoms with Gasteiger partial charge in [-0.15, -0.1) is 0 Å². The first kappa shape index (κ1) is 14.3. The van der Waals surface area contributed by atoms with Gasteiger partial charge >= 0.3 is 0 Å². The summed E-state index contributed by atoms with van der Waals surface area (Å²) in [6, 6.07) is 20.0. The molecule has 0 aliphatic carbocycles. The standard InChI is InChI=1S/C20H13FN2O/c21-14-8-5-13(6-9-14)18-16(11-22)20(23)24-17-10-7-12-3-1-2-4-15(12)19(17)18/h1-10,18H,23H2/t18-/m0/s1. The molecule has 0 amide bonds. The molecule has 4 heteroatoms. The van der Waals surface area contributed by atoms with Gasteiger partial charge in [-0.05, 0) is 34.5 Å². The van der Waals surface area contributed by atoms with E-state index in [2.05, 4.69) is 6.07 Å². The molecule has 0 aromatic heterocycles. The van der Waals surface area contributed by atoms with Gasteiger partial charge in [0.2, 0.25) is 5.88 Å². The van der Waals surface area contributed by atoms with E-state index >= 15 is 0 Å². The molecule has 0 radical (unpaired) electrons. The number of ether oxygens (including phenoxy) is 1. The molecule has 0 saturated heterocycles. The first-order valence-corrected chi connectivity index (χ1v) is 7.53. The van der Waals surface area contributed by atoms with E-state index in [0.717, 1.165) is 21.9 Å². The van der Waals surface area contributed by atoms with Crippen molar-refractivity contribution in [2.45, 2.75) is 5.92 Å². The van der Waals surface area contributed by atoms with Crippen LogP contribution in [0.2, 0.25) is 0 Å². The molecule has 3 nitrogen and oxygen atoms in total. The fourth-order valence-electron chi connectivity index (χ4n) is 3.23. The van der Waals surface area contributed by atoms with E-state index in [1.807, 2.05) is 36.4 Å². The van der Waals surface area contributed by atoms with Gasteiger partial charge in [0, 0.05) is 5.56 Å². The van der Waals surface area contributed by atoms with Crippen LogP contribution in [0.5, 0.6) is 5.75 Å². The fourth-order valence-corrected chi connectivity index (χ4v) is 3.23. The number of nitrogens with two attached hydrogens (primary N) is 1. The molecule has 1 aliphatic rings. The Morgan fingerprint density at radius 2 is 1.75 bits per heavy atom. The van der Waals surface area contributed by atoms with Crippen LogP contribution in [-0.2, 0) is 0 Å². The van der Waals surface area contributed by atoms with E-state index in [0.29, 0.717) is 11.3 Å². The lowest BCUT2D eigenvalue weighted by atomic mass is 9.81. The molecule has 24 heavy (non-hydrogen) atoms. The number of hydrogen-bond acceptors (Lipinski definition) is 3. The van der Waals surface area contributed by atoms with Crippen LogP contribution in [0.25, 0.3) is 10.8 Å². The third kappa shape index (κ3) is 2.10. The van der Waals surface area contributed by atoms with E-state index < -0.39 is 0 Å². The molecule has 3 aromatic carbocycles. The summed E-state index contributed by atoms with van der Waals surface area (Å²) in [6.07, 6.45) is 0. The Kier molecular flexibility index (Phi) is 3.21. The zero-order valence-electron chi connectivity index (χ0n) is 12.7. The van der Waals surface area contributed by atoms with Gasteiger partial charge in [-0.25, -0.2) is 4.39 Å². The largest absolute Gasteiger partial charge is 0.440 e. The Hall–Kier alpha value is -3.32. The first-order valence-electron chi connectivity index (χ1n) is 7.53. The highest BCUT2D eigenvalue weighted by atomic mass is 19.1. The van der Waals surface area contributed by atoms with Crippen LogP contribution in [0, 0.1) is 17.1 Å². The number of nitrogens with zero attached hydrogens (tertiary/aromatic N) is 1. The molecule has 0 unspecified atom stereocenters. The lowest BCUT2D eigenvalue weighted by Crippen LogP contribution is -2.21. The quantitative estimate of drug-likeness (QED) is 0.732. The molecular formula is C20H13FN2O. The lowest BCUT2D eigenvalue weighted by Gasteiger charge is -2.27. The summed E-state index contributed by atoms with van der Waals surface area (Å²) in [5.74, 6) is 0.0130. The summed E-state index contributed by atoms with van der Waals surface area (Å²) in [4.78, 5) is 0. The van der Waals surface area contributed by atoms with Gasteiger partial charge < -0.3 is 10.5 Å². The lowest BCUT2D eigenvalue weighted by molar-refractivity contribution is 0.395. The number of allylic oxidation sites excluding steroid dienone is 1. The van der Waals surface area contributed by atoms with Crippen LogP contribution in [0.3, 0.4) is 0 Å². The van der Waals surface area contributed by atoms with E-state index in [4.69, 9.17) is 10.5 Å². The van der Waals surface area contributed by atoms with Gasteiger partial charge in [-0.3, -0.25) is 0 Å². The molecule has 1 heterocycles. The number of hydrogen-bond donors (Lipinski definition) is 1. The van der Waals surface area contributed by atoms with Gasteiger partial charge in [0.1, 0.15) is 23.2 Å². The van der Waals surface area contributed by atoms with Gasteiger partial charge in [0.15, 0.2) is 0 Å². The third-order valence-corrected chi connectivity index (χ3v) is 4.32. The normalized spacial score (nSPS) is 16.4. The van der Waals surface area contributed by atoms with Gasteiger partial charge in [0.05, 0.1) is 5.92 Å². The van der Waals surface area contributed by atoms with Crippen LogP contribution in [0.4, 0.5) is 4.39 Å². The summed E-state index contributed by atoms with van der Waals surface area (Å²) < 4.78 is 19.0. The van der Waals surface area contributed by atoms with Crippen molar-refractivity contribution in [2.75, 3.05) is 0 Å². The molecule has 0 bridgehead atoms. The van der Waals surface area contributed by atoms with Crippen LogP contribution in [-0.4, -0.2) is 0 Å². The van der Waals surface area contributed by atoms with Crippen molar-refractivity contribution in [2.24, 2.45) is 5.73 Å². The second-order valence-corrected chi connectivity index (χ2v) is 5.67. The summed E-state index contributed by atoms with van der Waals surface area (Å²) in [6.45, 7) is 0. The number of fused-ring (bicyclic) bond motifs is 3. The molecule has 1 aliphatic heterocycles. The molecule has 0 fully saturated rings. The highest BCUT2D eigenvalue weighted by Gasteiger charge is 2.32. The summed E-state index contributed by atoms with van der Waals surface area (Å²) in [7, 11) is 0. The SMILES string of the molecule is N#CC1=C(N)Oc2ccc3ccccc3c2[C@H]1c1ccc(F)cc1. The number of nitriles is 1. The van der Waals surface area contributed by atoms with E-state index in [1.54, 1.807) is 12.1 Å². The molecule has 0 spiro atoms. The second kappa shape index (κ2) is 5.39. The van der Waals surface area contributed by atoms with Crippen molar-refractivity contribution in [3.8, 4) is 11.8 Å². The Bertz CT molecular complexity index is 1020. The van der Waals surface area contributed by atoms with Gasteiger partial charge in [0.25, 0.3) is 0 Å². The molecule has 3 aromatic rings. The number of halogens is 1. The predicted molar refractivity (Wildman–Crippen MR) is 89.6 cm³/mol. The number of rotatable bonds is 1. The van der Waals surface area contributed by atoms with E-state index in [1.165, 1.54) is 12.1 Å². The smallest absolute Gasteiger partial charge is 0.205 e. The van der Waals surface area contributed by atoms with Crippen molar-refractivity contribution >= 4 is 10.8 Å². The first-order chi connectivity index (χ1) is 11.7. The Morgan fingerprint density at radius 3 is 2.50 bits per heavy atom. The average molecular weight is 316 g/mol. The molecule has 116 valence electrons. The minimum atomic E-state index is -0.384. The summed E-state index contributed by atoms with van der Waals surface area (Å²) >= 11 is 0. The van der Waals surface area contributed by atoms with Crippen LogP contribution >= 0.6 is 0 Å². The van der Waals surface area contributed by atoms with Crippen molar-refractivity contribution in [1.82, 2.24) is 0 Å². The molecule has 4 rings (SSSR count). The maximum Gasteiger partial charge on any atom is 0.205 e. The van der Waals surface area contributed by atoms with Gasteiger partial charge in [-0.2, -0.15) is 5.26 Å². The monoisotopic (exact) mass is 316 g/mol. The Balaban J connectivity index is 2.05. The molecule has 1 atom stereocenters. The maximum atomic E-state index is 13.3. The minimum Gasteiger partial charge on any atom is -0.440 e. The zero-order valence-corrected chi connectivity index (χ0v) is 12.7. The second-order valence-electron chi connectivity index (χ2n) is 5.67. The highest BCUT2D eigenvalue weighted by Crippen LogP contribution is 2.45.